The van der Waals surface area contributed by atoms with Crippen molar-refractivity contribution in [2.45, 2.75) is 39.5 Å². The van der Waals surface area contributed by atoms with Gasteiger partial charge in [-0.2, -0.15) is 0 Å². The van der Waals surface area contributed by atoms with E-state index >= 15 is 0 Å². The molecule has 158 valence electrons. The van der Waals surface area contributed by atoms with Crippen LogP contribution in [-0.4, -0.2) is 57.0 Å². The smallest absolute Gasteiger partial charge is 0.407 e. The molecule has 0 aromatic rings. The monoisotopic (exact) mass is 399 g/mol. The zero-order valence-electron chi connectivity index (χ0n) is 16.5. The summed E-state index contributed by atoms with van der Waals surface area (Å²) in [4.78, 5) is 45.1. The first kappa shape index (κ1) is 25.2. The maximum absolute atomic E-state index is 11.5. The highest BCUT2D eigenvalue weighted by atomic mass is 16.6. The van der Waals surface area contributed by atoms with E-state index in [2.05, 4.69) is 18.5 Å². The van der Waals surface area contributed by atoms with E-state index in [1.54, 1.807) is 0 Å². The quantitative estimate of drug-likeness (QED) is 0.204. The van der Waals surface area contributed by atoms with Crippen LogP contribution in [0.15, 0.2) is 24.3 Å². The molecule has 0 saturated heterocycles. The molecule has 28 heavy (non-hydrogen) atoms. The Labute approximate surface area is 165 Å². The molecule has 0 aromatic carbocycles. The summed E-state index contributed by atoms with van der Waals surface area (Å²) >= 11 is 0. The van der Waals surface area contributed by atoms with Crippen LogP contribution in [0.3, 0.4) is 0 Å². The standard InChI is InChI=1S/C19H29NO8/c1-14(2)17(22)26-11-9-20-19(24)28-10-7-5-6-8-16(21)25-12-13-27-18(23)15(3)4/h1,3,5-13H2,2,4H3,(H,20,24). The van der Waals surface area contributed by atoms with E-state index < -0.39 is 18.0 Å². The van der Waals surface area contributed by atoms with Gasteiger partial charge in [0.05, 0.1) is 13.2 Å². The summed E-state index contributed by atoms with van der Waals surface area (Å²) in [6, 6.07) is 0. The number of esters is 3. The van der Waals surface area contributed by atoms with E-state index in [4.69, 9.17) is 18.9 Å². The van der Waals surface area contributed by atoms with Crippen LogP contribution < -0.4 is 5.32 Å². The summed E-state index contributed by atoms with van der Waals surface area (Å²) in [5.74, 6) is -1.41. The Morgan fingerprint density at radius 2 is 1.29 bits per heavy atom. The Bertz CT molecular complexity index is 520. The van der Waals surface area contributed by atoms with Gasteiger partial charge in [0.1, 0.15) is 19.8 Å². The number of alkyl carbamates (subject to hydrolysis) is 1. The fraction of sp³-hybridized carbons (Fsp3) is 0.579. The van der Waals surface area contributed by atoms with Gasteiger partial charge in [0.2, 0.25) is 0 Å². The van der Waals surface area contributed by atoms with Crippen molar-refractivity contribution in [3.05, 3.63) is 24.3 Å². The van der Waals surface area contributed by atoms with Gasteiger partial charge in [-0.15, -0.1) is 0 Å². The second-order valence-corrected chi connectivity index (χ2v) is 5.93. The van der Waals surface area contributed by atoms with Gasteiger partial charge in [0.15, 0.2) is 0 Å². The van der Waals surface area contributed by atoms with Crippen LogP contribution in [0.4, 0.5) is 4.79 Å². The zero-order valence-corrected chi connectivity index (χ0v) is 16.5. The Kier molecular flexibility index (Phi) is 13.7. The van der Waals surface area contributed by atoms with Gasteiger partial charge in [-0.25, -0.2) is 14.4 Å². The van der Waals surface area contributed by atoms with E-state index in [1.165, 1.54) is 13.8 Å². The number of nitrogens with one attached hydrogen (secondary N) is 1. The summed E-state index contributed by atoms with van der Waals surface area (Å²) in [5.41, 5.74) is 0.575. The molecule has 0 saturated carbocycles. The lowest BCUT2D eigenvalue weighted by Crippen LogP contribution is -2.29. The molecule has 0 unspecified atom stereocenters. The van der Waals surface area contributed by atoms with Crippen molar-refractivity contribution in [1.29, 1.82) is 0 Å². The molecule has 0 atom stereocenters. The average molecular weight is 399 g/mol. The summed E-state index contributed by atoms with van der Waals surface area (Å²) in [6.45, 7) is 10.3. The molecule has 0 aliphatic heterocycles. The van der Waals surface area contributed by atoms with Crippen LogP contribution in [0, 0.1) is 0 Å². The molecule has 0 spiro atoms. The second kappa shape index (κ2) is 15.2. The van der Waals surface area contributed by atoms with Crippen molar-refractivity contribution in [1.82, 2.24) is 5.32 Å². The SMILES string of the molecule is C=C(C)C(=O)OCCNC(=O)OCCCCCC(=O)OCCOC(=O)C(=C)C. The number of hydrogen-bond donors (Lipinski definition) is 1. The van der Waals surface area contributed by atoms with E-state index in [1.807, 2.05) is 0 Å². The van der Waals surface area contributed by atoms with Crippen molar-refractivity contribution in [2.24, 2.45) is 0 Å². The van der Waals surface area contributed by atoms with Crippen LogP contribution >= 0.6 is 0 Å². The van der Waals surface area contributed by atoms with Gasteiger partial charge in [-0.1, -0.05) is 13.2 Å². The molecular formula is C19H29NO8. The number of carbonyl (C=O) groups excluding carboxylic acids is 4. The first-order chi connectivity index (χ1) is 13.2. The Morgan fingerprint density at radius 3 is 1.89 bits per heavy atom. The average Bonchev–Trinajstić information content (AvgIpc) is 2.64. The van der Waals surface area contributed by atoms with Gasteiger partial charge in [-0.05, 0) is 33.1 Å². The molecule has 0 fully saturated rings. The second-order valence-electron chi connectivity index (χ2n) is 5.93. The normalized spacial score (nSPS) is 9.79. The predicted octanol–water partition coefficient (Wildman–Crippen LogP) is 2.05. The third kappa shape index (κ3) is 14.3. The lowest BCUT2D eigenvalue weighted by molar-refractivity contribution is -0.150. The fourth-order valence-corrected chi connectivity index (χ4v) is 1.67. The number of carbonyl (C=O) groups is 4. The molecule has 0 bridgehead atoms. The number of ether oxygens (including phenoxy) is 4. The highest BCUT2D eigenvalue weighted by Crippen LogP contribution is 2.02. The van der Waals surface area contributed by atoms with Crippen molar-refractivity contribution in [3.8, 4) is 0 Å². The minimum atomic E-state index is -0.602. The molecule has 0 aliphatic carbocycles. The Hall–Kier alpha value is -2.84. The maximum Gasteiger partial charge on any atom is 0.407 e. The minimum Gasteiger partial charge on any atom is -0.462 e. The molecule has 0 rings (SSSR count). The van der Waals surface area contributed by atoms with Crippen molar-refractivity contribution in [3.63, 3.8) is 0 Å². The number of rotatable bonds is 14. The van der Waals surface area contributed by atoms with Crippen molar-refractivity contribution in [2.75, 3.05) is 33.0 Å². The maximum atomic E-state index is 11.5. The summed E-state index contributed by atoms with van der Waals surface area (Å²) in [5, 5.41) is 2.45. The van der Waals surface area contributed by atoms with E-state index in [0.717, 1.165) is 0 Å². The third-order valence-electron chi connectivity index (χ3n) is 3.14. The van der Waals surface area contributed by atoms with E-state index in [0.29, 0.717) is 19.3 Å². The molecule has 9 nitrogen and oxygen atoms in total. The van der Waals surface area contributed by atoms with Crippen LogP contribution in [-0.2, 0) is 33.3 Å². The molecule has 0 heterocycles. The first-order valence-electron chi connectivity index (χ1n) is 8.95. The highest BCUT2D eigenvalue weighted by Gasteiger charge is 2.07. The Morgan fingerprint density at radius 1 is 0.714 bits per heavy atom. The van der Waals surface area contributed by atoms with Crippen LogP contribution in [0.2, 0.25) is 0 Å². The Balaban J connectivity index is 3.50. The fourth-order valence-electron chi connectivity index (χ4n) is 1.67. The van der Waals surface area contributed by atoms with Crippen LogP contribution in [0.5, 0.6) is 0 Å². The molecule has 9 heteroatoms. The number of amides is 1. The predicted molar refractivity (Wildman–Crippen MR) is 100 cm³/mol. The number of hydrogen-bond acceptors (Lipinski definition) is 8. The highest BCUT2D eigenvalue weighted by molar-refractivity contribution is 5.87. The largest absolute Gasteiger partial charge is 0.462 e. The van der Waals surface area contributed by atoms with E-state index in [9.17, 15) is 19.2 Å². The molecule has 0 radical (unpaired) electrons. The lowest BCUT2D eigenvalue weighted by Gasteiger charge is -2.08. The van der Waals surface area contributed by atoms with E-state index in [-0.39, 0.29) is 56.5 Å². The zero-order chi connectivity index (χ0) is 21.4. The molecule has 1 amide bonds. The van der Waals surface area contributed by atoms with Crippen molar-refractivity contribution < 1.29 is 38.1 Å². The summed E-state index contributed by atoms with van der Waals surface area (Å²) in [7, 11) is 0. The molecule has 0 aromatic heterocycles. The minimum absolute atomic E-state index is 0.00279. The third-order valence-corrected chi connectivity index (χ3v) is 3.14. The summed E-state index contributed by atoms with van der Waals surface area (Å²) in [6.07, 6.45) is 1.50. The van der Waals surface area contributed by atoms with Gasteiger partial charge >= 0.3 is 24.0 Å². The topological polar surface area (TPSA) is 117 Å². The number of unbranched alkanes of at least 4 members (excludes halogenated alkanes) is 2. The van der Waals surface area contributed by atoms with Gasteiger partial charge in [0.25, 0.3) is 0 Å². The lowest BCUT2D eigenvalue weighted by atomic mass is 10.2. The van der Waals surface area contributed by atoms with Crippen LogP contribution in [0.1, 0.15) is 39.5 Å². The molecule has 0 aliphatic rings. The molecular weight excluding hydrogens is 370 g/mol. The molecule has 1 N–H and O–H groups in total. The van der Waals surface area contributed by atoms with Gasteiger partial charge < -0.3 is 24.3 Å². The van der Waals surface area contributed by atoms with Gasteiger partial charge in [-0.3, -0.25) is 4.79 Å². The van der Waals surface area contributed by atoms with Crippen LogP contribution in [0.25, 0.3) is 0 Å². The van der Waals surface area contributed by atoms with Crippen molar-refractivity contribution >= 4 is 24.0 Å². The summed E-state index contributed by atoms with van der Waals surface area (Å²) < 4.78 is 19.5. The first-order valence-corrected chi connectivity index (χ1v) is 8.95. The van der Waals surface area contributed by atoms with Gasteiger partial charge in [0, 0.05) is 17.6 Å².